The van der Waals surface area contributed by atoms with Gasteiger partial charge in [-0.15, -0.1) is 0 Å². The van der Waals surface area contributed by atoms with Crippen LogP contribution in [0.25, 0.3) is 0 Å². The molecule has 0 aromatic rings. The number of nitrogens with zero attached hydrogens (tertiary/aromatic N) is 1. The van der Waals surface area contributed by atoms with Gasteiger partial charge in [-0.2, -0.15) is 0 Å². The highest BCUT2D eigenvalue weighted by Crippen LogP contribution is 2.29. The van der Waals surface area contributed by atoms with Crippen LogP contribution in [-0.4, -0.2) is 43.4 Å². The number of alkyl halides is 1. The Morgan fingerprint density at radius 3 is 3.17 bits per heavy atom. The van der Waals surface area contributed by atoms with Crippen LogP contribution in [0.3, 0.4) is 0 Å². The molecule has 0 aromatic carbocycles. The molecule has 2 atom stereocenters. The molecule has 1 aliphatic carbocycles. The fraction of sp³-hybridized carbons (Fsp3) is 1.00. The van der Waals surface area contributed by atoms with Gasteiger partial charge in [-0.3, -0.25) is 4.90 Å². The number of ether oxygens (including phenoxy) is 1. The van der Waals surface area contributed by atoms with Gasteiger partial charge in [0.25, 0.3) is 0 Å². The zero-order chi connectivity index (χ0) is 8.39. The second kappa shape index (κ2) is 3.71. The molecular formula is C9H16FNO. The van der Waals surface area contributed by atoms with Gasteiger partial charge in [0.15, 0.2) is 0 Å². The molecule has 2 rings (SSSR count). The second-order valence-electron chi connectivity index (χ2n) is 3.63. The third-order valence-electron chi connectivity index (χ3n) is 2.97. The number of rotatable bonds is 2. The molecule has 70 valence electrons. The standard InChI is InChI=1S/C9H16FNO/c10-4-5-11-6-7-12-9-3-1-2-8(9)11/h8-9H,1-7H2. The van der Waals surface area contributed by atoms with Crippen molar-refractivity contribution in [2.24, 2.45) is 0 Å². The summed E-state index contributed by atoms with van der Waals surface area (Å²) in [5.74, 6) is 0. The first kappa shape index (κ1) is 8.45. The van der Waals surface area contributed by atoms with Gasteiger partial charge in [0.05, 0.1) is 12.7 Å². The van der Waals surface area contributed by atoms with Crippen molar-refractivity contribution in [2.45, 2.75) is 31.4 Å². The van der Waals surface area contributed by atoms with E-state index in [4.69, 9.17) is 4.74 Å². The van der Waals surface area contributed by atoms with Crippen molar-refractivity contribution in [2.75, 3.05) is 26.4 Å². The first-order chi connectivity index (χ1) is 5.92. The van der Waals surface area contributed by atoms with E-state index in [1.54, 1.807) is 0 Å². The summed E-state index contributed by atoms with van der Waals surface area (Å²) in [5, 5.41) is 0. The monoisotopic (exact) mass is 173 g/mol. The molecule has 2 aliphatic rings. The second-order valence-corrected chi connectivity index (χ2v) is 3.63. The van der Waals surface area contributed by atoms with E-state index in [0.717, 1.165) is 13.2 Å². The molecule has 0 radical (unpaired) electrons. The lowest BCUT2D eigenvalue weighted by molar-refractivity contribution is -0.0567. The van der Waals surface area contributed by atoms with Gasteiger partial charge in [-0.05, 0) is 19.3 Å². The number of hydrogen-bond acceptors (Lipinski definition) is 2. The zero-order valence-electron chi connectivity index (χ0n) is 7.34. The molecule has 12 heavy (non-hydrogen) atoms. The summed E-state index contributed by atoms with van der Waals surface area (Å²) in [6, 6.07) is 0.523. The molecule has 1 heterocycles. The summed E-state index contributed by atoms with van der Waals surface area (Å²) < 4.78 is 17.8. The summed E-state index contributed by atoms with van der Waals surface area (Å²) in [7, 11) is 0. The third-order valence-corrected chi connectivity index (χ3v) is 2.97. The summed E-state index contributed by atoms with van der Waals surface area (Å²) in [4.78, 5) is 2.25. The topological polar surface area (TPSA) is 12.5 Å². The minimum Gasteiger partial charge on any atom is -0.375 e. The molecule has 0 amide bonds. The van der Waals surface area contributed by atoms with Crippen LogP contribution in [0.2, 0.25) is 0 Å². The Bertz CT molecular complexity index is 151. The zero-order valence-corrected chi connectivity index (χ0v) is 7.34. The van der Waals surface area contributed by atoms with E-state index >= 15 is 0 Å². The number of halogens is 1. The van der Waals surface area contributed by atoms with Gasteiger partial charge in [0.1, 0.15) is 6.67 Å². The largest absolute Gasteiger partial charge is 0.375 e. The number of morpholine rings is 1. The molecule has 0 aromatic heterocycles. The van der Waals surface area contributed by atoms with Gasteiger partial charge in [-0.25, -0.2) is 4.39 Å². The molecule has 3 heteroatoms. The van der Waals surface area contributed by atoms with Crippen molar-refractivity contribution in [1.29, 1.82) is 0 Å². The van der Waals surface area contributed by atoms with E-state index < -0.39 is 0 Å². The van der Waals surface area contributed by atoms with E-state index in [0.29, 0.717) is 18.7 Å². The summed E-state index contributed by atoms with van der Waals surface area (Å²) in [6.45, 7) is 2.10. The van der Waals surface area contributed by atoms with Gasteiger partial charge in [-0.1, -0.05) is 0 Å². The fourth-order valence-corrected chi connectivity index (χ4v) is 2.39. The molecule has 2 unspecified atom stereocenters. The lowest BCUT2D eigenvalue weighted by Crippen LogP contribution is -2.49. The Balaban J connectivity index is 1.94. The molecule has 0 bridgehead atoms. The molecule has 1 aliphatic heterocycles. The van der Waals surface area contributed by atoms with Crippen molar-refractivity contribution in [3.8, 4) is 0 Å². The molecule has 0 spiro atoms. The van der Waals surface area contributed by atoms with Gasteiger partial charge < -0.3 is 4.74 Å². The molecule has 0 N–H and O–H groups in total. The number of hydrogen-bond donors (Lipinski definition) is 0. The minimum atomic E-state index is -0.219. The Kier molecular flexibility index (Phi) is 2.61. The molecule has 1 saturated heterocycles. The van der Waals surface area contributed by atoms with Crippen LogP contribution >= 0.6 is 0 Å². The number of fused-ring (bicyclic) bond motifs is 1. The van der Waals surface area contributed by atoms with Crippen LogP contribution < -0.4 is 0 Å². The minimum absolute atomic E-state index is 0.219. The quantitative estimate of drug-likeness (QED) is 0.622. The summed E-state index contributed by atoms with van der Waals surface area (Å²) in [6.07, 6.45) is 4.03. The normalized spacial score (nSPS) is 36.8. The Morgan fingerprint density at radius 2 is 2.33 bits per heavy atom. The van der Waals surface area contributed by atoms with Crippen molar-refractivity contribution in [3.05, 3.63) is 0 Å². The first-order valence-electron chi connectivity index (χ1n) is 4.83. The van der Waals surface area contributed by atoms with Gasteiger partial charge in [0, 0.05) is 19.1 Å². The van der Waals surface area contributed by atoms with Crippen molar-refractivity contribution >= 4 is 0 Å². The van der Waals surface area contributed by atoms with Crippen LogP contribution in [0, 0.1) is 0 Å². The van der Waals surface area contributed by atoms with Crippen molar-refractivity contribution in [1.82, 2.24) is 4.90 Å². The van der Waals surface area contributed by atoms with Crippen LogP contribution in [-0.2, 0) is 4.74 Å². The maximum absolute atomic E-state index is 12.2. The predicted molar refractivity (Wildman–Crippen MR) is 44.9 cm³/mol. The van der Waals surface area contributed by atoms with E-state index in [2.05, 4.69) is 4.90 Å². The Morgan fingerprint density at radius 1 is 1.42 bits per heavy atom. The van der Waals surface area contributed by atoms with E-state index in [-0.39, 0.29) is 6.67 Å². The molecule has 1 saturated carbocycles. The van der Waals surface area contributed by atoms with Crippen molar-refractivity contribution < 1.29 is 9.13 Å². The SMILES string of the molecule is FCCN1CCOC2CCCC21. The van der Waals surface area contributed by atoms with E-state index in [1.807, 2.05) is 0 Å². The molecule has 2 fully saturated rings. The fourth-order valence-electron chi connectivity index (χ4n) is 2.39. The highest BCUT2D eigenvalue weighted by molar-refractivity contribution is 4.89. The first-order valence-corrected chi connectivity index (χ1v) is 4.83. The summed E-state index contributed by atoms with van der Waals surface area (Å²) >= 11 is 0. The van der Waals surface area contributed by atoms with Crippen LogP contribution in [0.15, 0.2) is 0 Å². The van der Waals surface area contributed by atoms with Gasteiger partial charge in [0.2, 0.25) is 0 Å². The van der Waals surface area contributed by atoms with Gasteiger partial charge >= 0.3 is 0 Å². The maximum Gasteiger partial charge on any atom is 0.102 e. The van der Waals surface area contributed by atoms with Crippen molar-refractivity contribution in [3.63, 3.8) is 0 Å². The van der Waals surface area contributed by atoms with Crippen LogP contribution in [0.5, 0.6) is 0 Å². The van der Waals surface area contributed by atoms with Crippen LogP contribution in [0.1, 0.15) is 19.3 Å². The average Bonchev–Trinajstić information content (AvgIpc) is 2.53. The average molecular weight is 173 g/mol. The Hall–Kier alpha value is -0.150. The molecule has 2 nitrogen and oxygen atoms in total. The van der Waals surface area contributed by atoms with Crippen LogP contribution in [0.4, 0.5) is 4.39 Å². The van der Waals surface area contributed by atoms with E-state index in [9.17, 15) is 4.39 Å². The third kappa shape index (κ3) is 1.48. The summed E-state index contributed by atoms with van der Waals surface area (Å²) in [5.41, 5.74) is 0. The lowest BCUT2D eigenvalue weighted by Gasteiger charge is -2.36. The smallest absolute Gasteiger partial charge is 0.102 e. The highest BCUT2D eigenvalue weighted by atomic mass is 19.1. The predicted octanol–water partition coefficient (Wildman–Crippen LogP) is 1.21. The Labute approximate surface area is 72.7 Å². The van der Waals surface area contributed by atoms with E-state index in [1.165, 1.54) is 19.3 Å². The molecular weight excluding hydrogens is 157 g/mol. The maximum atomic E-state index is 12.2. The lowest BCUT2D eigenvalue weighted by atomic mass is 10.1. The highest BCUT2D eigenvalue weighted by Gasteiger charge is 2.35.